The van der Waals surface area contributed by atoms with Gasteiger partial charge in [-0.15, -0.1) is 0 Å². The van der Waals surface area contributed by atoms with E-state index in [2.05, 4.69) is 15.6 Å². The molecular weight excluding hydrogens is 300 g/mol. The molecule has 9 heteroatoms. The highest BCUT2D eigenvalue weighted by Crippen LogP contribution is 2.26. The van der Waals surface area contributed by atoms with Gasteiger partial charge in [-0.2, -0.15) is 0 Å². The molecule has 0 unspecified atom stereocenters. The quantitative estimate of drug-likeness (QED) is 0.480. The zero-order chi connectivity index (χ0) is 16.2. The molecule has 0 aliphatic carbocycles. The van der Waals surface area contributed by atoms with Gasteiger partial charge in [0, 0.05) is 19.8 Å². The van der Waals surface area contributed by atoms with E-state index < -0.39 is 21.9 Å². The van der Waals surface area contributed by atoms with Crippen molar-refractivity contribution < 1.29 is 14.5 Å². The van der Waals surface area contributed by atoms with Crippen molar-refractivity contribution in [2.75, 3.05) is 13.6 Å². The lowest BCUT2D eigenvalue weighted by Crippen LogP contribution is -2.43. The highest BCUT2D eigenvalue weighted by Gasteiger charge is 2.29. The lowest BCUT2D eigenvalue weighted by molar-refractivity contribution is -0.385. The molecule has 0 bridgehead atoms. The molecule has 2 N–H and O–H groups in total. The Kier molecular flexibility index (Phi) is 5.20. The fourth-order valence-corrected chi connectivity index (χ4v) is 1.83. The maximum Gasteiger partial charge on any atom is 0.319 e. The smallest absolute Gasteiger partial charge is 0.319 e. The first kappa shape index (κ1) is 16.8. The van der Waals surface area contributed by atoms with Crippen LogP contribution in [0.3, 0.4) is 0 Å². The number of carbonyl (C=O) groups is 2. The zero-order valence-electron chi connectivity index (χ0n) is 11.8. The Labute approximate surface area is 126 Å². The van der Waals surface area contributed by atoms with Crippen LogP contribution in [0.1, 0.15) is 24.2 Å². The summed E-state index contributed by atoms with van der Waals surface area (Å²) in [5.41, 5.74) is -1.61. The number of nitro groups is 1. The Hall–Kier alpha value is -2.22. The number of nitrogens with zero attached hydrogens (tertiary/aromatic N) is 2. The summed E-state index contributed by atoms with van der Waals surface area (Å²) in [6.07, 6.45) is 1.20. The van der Waals surface area contributed by atoms with Crippen LogP contribution in [0, 0.1) is 15.5 Å². The van der Waals surface area contributed by atoms with Gasteiger partial charge in [0.15, 0.2) is 0 Å². The highest BCUT2D eigenvalue weighted by molar-refractivity contribution is 6.32. The van der Waals surface area contributed by atoms with Crippen LogP contribution in [-0.2, 0) is 4.79 Å². The molecule has 1 heterocycles. The summed E-state index contributed by atoms with van der Waals surface area (Å²) in [6, 6.07) is 1.20. The summed E-state index contributed by atoms with van der Waals surface area (Å²) >= 11 is 5.63. The summed E-state index contributed by atoms with van der Waals surface area (Å²) in [6.45, 7) is 3.29. The number of pyridine rings is 1. The molecule has 0 spiro atoms. The van der Waals surface area contributed by atoms with E-state index in [4.69, 9.17) is 11.6 Å². The first-order valence-corrected chi connectivity index (χ1v) is 6.37. The molecule has 0 aliphatic heterocycles. The second-order valence-electron chi connectivity index (χ2n) is 4.90. The number of amides is 2. The van der Waals surface area contributed by atoms with Gasteiger partial charge >= 0.3 is 5.69 Å². The Bertz CT molecular complexity index is 589. The zero-order valence-corrected chi connectivity index (χ0v) is 12.5. The summed E-state index contributed by atoms with van der Waals surface area (Å²) in [5.74, 6) is -0.951. The fourth-order valence-electron chi connectivity index (χ4n) is 1.60. The van der Waals surface area contributed by atoms with Crippen molar-refractivity contribution in [2.24, 2.45) is 5.41 Å². The topological polar surface area (TPSA) is 114 Å². The van der Waals surface area contributed by atoms with Gasteiger partial charge in [-0.25, -0.2) is 4.98 Å². The minimum absolute atomic E-state index is 0.0165. The predicted octanol–water partition coefficient (Wildman–Crippen LogP) is 1.15. The SMILES string of the molecule is CNC(=O)C(C)(C)CNC(=O)c1ccnc(Cl)c1[N+](=O)[O-]. The first-order valence-electron chi connectivity index (χ1n) is 6.00. The van der Waals surface area contributed by atoms with Crippen LogP contribution in [0.4, 0.5) is 5.69 Å². The van der Waals surface area contributed by atoms with Gasteiger partial charge in [0.25, 0.3) is 5.91 Å². The monoisotopic (exact) mass is 314 g/mol. The second-order valence-corrected chi connectivity index (χ2v) is 5.26. The van der Waals surface area contributed by atoms with Crippen LogP contribution in [0.25, 0.3) is 0 Å². The Morgan fingerprint density at radius 1 is 1.48 bits per heavy atom. The van der Waals surface area contributed by atoms with Gasteiger partial charge in [-0.3, -0.25) is 19.7 Å². The minimum atomic E-state index is -0.851. The molecule has 0 aromatic carbocycles. The number of halogens is 1. The van der Waals surface area contributed by atoms with Gasteiger partial charge in [0.05, 0.1) is 10.3 Å². The van der Waals surface area contributed by atoms with E-state index in [9.17, 15) is 19.7 Å². The fraction of sp³-hybridized carbons (Fsp3) is 0.417. The molecule has 1 aromatic heterocycles. The van der Waals surface area contributed by atoms with Crippen molar-refractivity contribution in [1.29, 1.82) is 0 Å². The summed E-state index contributed by atoms with van der Waals surface area (Å²) in [7, 11) is 1.49. The number of hydrogen-bond acceptors (Lipinski definition) is 5. The van der Waals surface area contributed by atoms with E-state index in [0.29, 0.717) is 0 Å². The summed E-state index contributed by atoms with van der Waals surface area (Å²) in [4.78, 5) is 37.4. The Morgan fingerprint density at radius 3 is 2.62 bits per heavy atom. The first-order chi connectivity index (χ1) is 9.70. The number of nitrogens with one attached hydrogen (secondary N) is 2. The van der Waals surface area contributed by atoms with Crippen LogP contribution in [0.2, 0.25) is 5.15 Å². The third kappa shape index (κ3) is 3.88. The van der Waals surface area contributed by atoms with Crippen molar-refractivity contribution in [3.63, 3.8) is 0 Å². The van der Waals surface area contributed by atoms with Crippen molar-refractivity contribution >= 4 is 29.1 Å². The van der Waals surface area contributed by atoms with Gasteiger partial charge in [-0.1, -0.05) is 11.6 Å². The van der Waals surface area contributed by atoms with Crippen LogP contribution >= 0.6 is 11.6 Å². The number of rotatable bonds is 5. The molecule has 0 saturated carbocycles. The Morgan fingerprint density at radius 2 is 2.10 bits per heavy atom. The number of aromatic nitrogens is 1. The molecule has 0 aliphatic rings. The van der Waals surface area contributed by atoms with Crippen molar-refractivity contribution in [3.8, 4) is 0 Å². The number of carbonyl (C=O) groups excluding carboxylic acids is 2. The summed E-state index contributed by atoms with van der Waals surface area (Å²) in [5, 5.41) is 15.5. The van der Waals surface area contributed by atoms with Crippen LogP contribution in [0.5, 0.6) is 0 Å². The van der Waals surface area contributed by atoms with E-state index >= 15 is 0 Å². The van der Waals surface area contributed by atoms with Crippen molar-refractivity contribution in [1.82, 2.24) is 15.6 Å². The molecule has 0 fully saturated rings. The average Bonchev–Trinajstić information content (AvgIpc) is 2.43. The van der Waals surface area contributed by atoms with Gasteiger partial charge in [0.2, 0.25) is 11.1 Å². The number of hydrogen-bond donors (Lipinski definition) is 2. The van der Waals surface area contributed by atoms with Crippen LogP contribution in [-0.4, -0.2) is 35.3 Å². The standard InChI is InChI=1S/C12H15ClN4O4/c1-12(2,11(19)14-3)6-16-10(18)7-4-5-15-9(13)8(7)17(20)21/h4-5H,6H2,1-3H3,(H,14,19)(H,16,18). The lowest BCUT2D eigenvalue weighted by atomic mass is 9.92. The molecule has 114 valence electrons. The highest BCUT2D eigenvalue weighted by atomic mass is 35.5. The van der Waals surface area contributed by atoms with Gasteiger partial charge in [-0.05, 0) is 19.9 Å². The molecule has 0 saturated heterocycles. The third-order valence-corrected chi connectivity index (χ3v) is 3.12. The minimum Gasteiger partial charge on any atom is -0.359 e. The van der Waals surface area contributed by atoms with E-state index in [1.54, 1.807) is 13.8 Å². The molecule has 0 atom stereocenters. The maximum atomic E-state index is 12.0. The van der Waals surface area contributed by atoms with E-state index in [-0.39, 0.29) is 23.2 Å². The van der Waals surface area contributed by atoms with Crippen LogP contribution in [0.15, 0.2) is 12.3 Å². The largest absolute Gasteiger partial charge is 0.359 e. The molecule has 8 nitrogen and oxygen atoms in total. The molecular formula is C12H15ClN4O4. The average molecular weight is 315 g/mol. The lowest BCUT2D eigenvalue weighted by Gasteiger charge is -2.22. The maximum absolute atomic E-state index is 12.0. The Balaban J connectivity index is 2.94. The second kappa shape index (κ2) is 6.49. The van der Waals surface area contributed by atoms with E-state index in [1.807, 2.05) is 0 Å². The van der Waals surface area contributed by atoms with Gasteiger partial charge < -0.3 is 10.6 Å². The van der Waals surface area contributed by atoms with Crippen molar-refractivity contribution in [2.45, 2.75) is 13.8 Å². The normalized spacial score (nSPS) is 10.9. The molecule has 0 radical (unpaired) electrons. The molecule has 1 rings (SSSR count). The molecule has 1 aromatic rings. The molecule has 21 heavy (non-hydrogen) atoms. The predicted molar refractivity (Wildman–Crippen MR) is 76.1 cm³/mol. The summed E-state index contributed by atoms with van der Waals surface area (Å²) < 4.78 is 0. The van der Waals surface area contributed by atoms with E-state index in [0.717, 1.165) is 0 Å². The molecule has 2 amide bonds. The van der Waals surface area contributed by atoms with E-state index in [1.165, 1.54) is 19.3 Å². The van der Waals surface area contributed by atoms with Gasteiger partial charge in [0.1, 0.15) is 5.56 Å². The van der Waals surface area contributed by atoms with Crippen molar-refractivity contribution in [3.05, 3.63) is 33.1 Å². The van der Waals surface area contributed by atoms with Crippen LogP contribution < -0.4 is 10.6 Å². The third-order valence-electron chi connectivity index (χ3n) is 2.84.